The maximum absolute atomic E-state index is 12.8. The maximum Gasteiger partial charge on any atom is 1.00 e. The van der Waals surface area contributed by atoms with Gasteiger partial charge < -0.3 is 44.5 Å². The van der Waals surface area contributed by atoms with Crippen LogP contribution in [0.4, 0.5) is 8.78 Å². The van der Waals surface area contributed by atoms with E-state index in [-0.39, 0.29) is 79.6 Å². The molecular formula is C43H51F2NaO10. The minimum Gasteiger partial charge on any atom is -0.550 e. The Morgan fingerprint density at radius 1 is 0.696 bits per heavy atom. The van der Waals surface area contributed by atoms with E-state index in [1.54, 1.807) is 44.2 Å². The summed E-state index contributed by atoms with van der Waals surface area (Å²) in [5.41, 5.74) is -1.02. The van der Waals surface area contributed by atoms with Crippen LogP contribution in [0.1, 0.15) is 53.4 Å². The molecule has 0 saturated carbocycles. The SMILES string of the molecule is CC(C)(CC(=O)[O-])C[C@H](O)C#C/C=C/C=C/[C@H](O)COc1ccc(F)cc1.COC(=O)CC(C)(C)C[C@H](O)C#C/C=C/C=C/[C@H](O)COc1ccc(F)cc1.[Na+]. The fourth-order valence-electron chi connectivity index (χ4n) is 4.56. The molecule has 13 heteroatoms. The molecule has 0 aliphatic heterocycles. The summed E-state index contributed by atoms with van der Waals surface area (Å²) in [5.74, 6) is 9.40. The number of carbonyl (C=O) groups excluding carboxylic acids is 2. The molecular weight excluding hydrogens is 737 g/mol. The molecule has 10 nitrogen and oxygen atoms in total. The molecule has 0 spiro atoms. The summed E-state index contributed by atoms with van der Waals surface area (Å²) in [4.78, 5) is 22.0. The van der Waals surface area contributed by atoms with Crippen LogP contribution in [0.3, 0.4) is 0 Å². The number of aliphatic hydroxyl groups is 4. The molecule has 0 saturated heterocycles. The maximum atomic E-state index is 12.8. The van der Waals surface area contributed by atoms with Crippen molar-refractivity contribution in [3.63, 3.8) is 0 Å². The quantitative estimate of drug-likeness (QED) is 0.0756. The average Bonchev–Trinajstić information content (AvgIpc) is 3.09. The second-order valence-corrected chi connectivity index (χ2v) is 13.8. The van der Waals surface area contributed by atoms with Crippen molar-refractivity contribution in [3.05, 3.63) is 109 Å². The van der Waals surface area contributed by atoms with Crippen LogP contribution in [-0.2, 0) is 14.3 Å². The van der Waals surface area contributed by atoms with Crippen LogP contribution in [0.5, 0.6) is 11.5 Å². The van der Waals surface area contributed by atoms with E-state index in [1.165, 1.54) is 73.9 Å². The zero-order valence-electron chi connectivity index (χ0n) is 32.8. The molecule has 2 aromatic rings. The number of hydrogen-bond donors (Lipinski definition) is 4. The van der Waals surface area contributed by atoms with Crippen molar-refractivity contribution in [2.75, 3.05) is 20.3 Å². The van der Waals surface area contributed by atoms with Gasteiger partial charge >= 0.3 is 35.5 Å². The third kappa shape index (κ3) is 27.4. The van der Waals surface area contributed by atoms with Crippen molar-refractivity contribution < 1.29 is 87.7 Å². The summed E-state index contributed by atoms with van der Waals surface area (Å²) >= 11 is 0. The van der Waals surface area contributed by atoms with E-state index in [0.717, 1.165) is 0 Å². The Bertz CT molecular complexity index is 1700. The fourth-order valence-corrected chi connectivity index (χ4v) is 4.56. The Kier molecular flexibility index (Phi) is 26.1. The number of methoxy groups -OCH3 is 1. The molecule has 4 atom stereocenters. The monoisotopic (exact) mass is 788 g/mol. The summed E-state index contributed by atoms with van der Waals surface area (Å²) in [6.07, 6.45) is 9.63. The van der Waals surface area contributed by atoms with E-state index in [4.69, 9.17) is 9.47 Å². The Balaban J connectivity index is 0.00000106. The van der Waals surface area contributed by atoms with Crippen molar-refractivity contribution in [1.82, 2.24) is 0 Å². The molecule has 0 aliphatic carbocycles. The molecule has 56 heavy (non-hydrogen) atoms. The number of esters is 1. The van der Waals surface area contributed by atoms with E-state index in [9.17, 15) is 43.9 Å². The zero-order chi connectivity index (χ0) is 41.3. The molecule has 0 aromatic heterocycles. The summed E-state index contributed by atoms with van der Waals surface area (Å²) in [7, 11) is 1.33. The second kappa shape index (κ2) is 28.2. The number of aliphatic carboxylic acids is 1. The number of carboxylic acid groups (broad SMARTS) is 1. The number of aliphatic hydroxyl groups excluding tert-OH is 4. The molecule has 298 valence electrons. The van der Waals surface area contributed by atoms with Gasteiger partial charge in [0.15, 0.2) is 0 Å². The van der Waals surface area contributed by atoms with Crippen LogP contribution < -0.4 is 44.1 Å². The van der Waals surface area contributed by atoms with Gasteiger partial charge in [-0.15, -0.1) is 0 Å². The predicted octanol–water partition coefficient (Wildman–Crippen LogP) is 1.62. The van der Waals surface area contributed by atoms with Crippen LogP contribution >= 0.6 is 0 Å². The van der Waals surface area contributed by atoms with Gasteiger partial charge in [0.25, 0.3) is 0 Å². The van der Waals surface area contributed by atoms with E-state index in [2.05, 4.69) is 28.4 Å². The summed E-state index contributed by atoms with van der Waals surface area (Å²) in [6, 6.07) is 11.0. The molecule has 0 radical (unpaired) electrons. The molecule has 0 unspecified atom stereocenters. The van der Waals surface area contributed by atoms with Gasteiger partial charge in [-0.1, -0.05) is 87.8 Å². The first kappa shape index (κ1) is 51.8. The zero-order valence-corrected chi connectivity index (χ0v) is 34.8. The molecule has 0 fully saturated rings. The van der Waals surface area contributed by atoms with Crippen molar-refractivity contribution in [1.29, 1.82) is 0 Å². The molecule has 0 bridgehead atoms. The summed E-state index contributed by atoms with van der Waals surface area (Å²) < 4.78 is 40.8. The number of ether oxygens (including phenoxy) is 3. The van der Waals surface area contributed by atoms with Crippen molar-refractivity contribution in [2.24, 2.45) is 10.8 Å². The number of halogens is 2. The second-order valence-electron chi connectivity index (χ2n) is 13.8. The summed E-state index contributed by atoms with van der Waals surface area (Å²) in [6.45, 7) is 7.23. The van der Waals surface area contributed by atoms with Gasteiger partial charge in [-0.25, -0.2) is 8.78 Å². The number of carbonyl (C=O) groups is 2. The van der Waals surface area contributed by atoms with Crippen molar-refractivity contribution >= 4 is 11.9 Å². The van der Waals surface area contributed by atoms with Crippen molar-refractivity contribution in [3.8, 4) is 35.2 Å². The van der Waals surface area contributed by atoms with Gasteiger partial charge in [0, 0.05) is 5.97 Å². The van der Waals surface area contributed by atoms with Gasteiger partial charge in [0.05, 0.1) is 13.5 Å². The number of hydrogen-bond acceptors (Lipinski definition) is 10. The van der Waals surface area contributed by atoms with Gasteiger partial charge in [-0.3, -0.25) is 4.79 Å². The fraction of sp³-hybridized carbons (Fsp3) is 0.395. The molecule has 0 heterocycles. The Hall–Kier alpha value is -4.24. The minimum absolute atomic E-state index is 0. The van der Waals surface area contributed by atoms with Crippen LogP contribution in [0.25, 0.3) is 0 Å². The first-order chi connectivity index (χ1) is 25.9. The standard InChI is InChI=1S/C22H27FO5.C21H25FO5.Na/c1-22(2,15-21(26)27-3)14-18(24)8-6-4-5-7-9-19(25)16-28-20-12-10-17(23)11-13-20;1-21(2,14-20(25)26)13-17(23)7-5-3-4-6-8-18(24)15-27-19-11-9-16(22)10-12-19;/h4-5,7,9-13,18-19,24-25H,14-16H2,1-3H3;3-4,6,8-12,17-18,23-24H,13-15H2,1-2H3,(H,25,26);/q;;+1/p-1/b5-4+,9-7+;4-3+,8-6+;/t18-,19+;17-,18+;/m11./s1. The van der Waals surface area contributed by atoms with E-state index < -0.39 is 41.2 Å². The third-order valence-corrected chi connectivity index (χ3v) is 7.18. The van der Waals surface area contributed by atoms with Gasteiger partial charge in [0.1, 0.15) is 60.8 Å². The van der Waals surface area contributed by atoms with Crippen LogP contribution in [0.2, 0.25) is 0 Å². The minimum atomic E-state index is -1.16. The molecule has 0 amide bonds. The number of rotatable bonds is 18. The van der Waals surface area contributed by atoms with Gasteiger partial charge in [-0.2, -0.15) is 0 Å². The van der Waals surface area contributed by atoms with E-state index >= 15 is 0 Å². The molecule has 2 aromatic carbocycles. The first-order valence-electron chi connectivity index (χ1n) is 17.3. The normalized spacial score (nSPS) is 13.6. The van der Waals surface area contributed by atoms with E-state index in [1.807, 2.05) is 13.8 Å². The van der Waals surface area contributed by atoms with E-state index in [0.29, 0.717) is 17.9 Å². The van der Waals surface area contributed by atoms with Gasteiger partial charge in [-0.05, 0) is 90.8 Å². The largest absolute Gasteiger partial charge is 1.00 e. The topological polar surface area (TPSA) is 166 Å². The number of carboxylic acids is 1. The number of benzene rings is 2. The Labute approximate surface area is 350 Å². The van der Waals surface area contributed by atoms with Crippen LogP contribution in [0.15, 0.2) is 97.1 Å². The summed E-state index contributed by atoms with van der Waals surface area (Å²) in [5, 5.41) is 50.0. The molecule has 0 aliphatic rings. The third-order valence-electron chi connectivity index (χ3n) is 7.18. The van der Waals surface area contributed by atoms with Crippen molar-refractivity contribution in [2.45, 2.75) is 77.8 Å². The molecule has 4 N–H and O–H groups in total. The average molecular weight is 789 g/mol. The smallest absolute Gasteiger partial charge is 0.550 e. The predicted molar refractivity (Wildman–Crippen MR) is 203 cm³/mol. The van der Waals surface area contributed by atoms with Crippen LogP contribution in [0, 0.1) is 46.1 Å². The van der Waals surface area contributed by atoms with Crippen LogP contribution in [-0.4, -0.2) is 77.1 Å². The molecule has 2 rings (SSSR count). The van der Waals surface area contributed by atoms with Gasteiger partial charge in [0.2, 0.25) is 0 Å². The Morgan fingerprint density at radius 3 is 1.43 bits per heavy atom. The number of allylic oxidation sites excluding steroid dienone is 6. The first-order valence-corrected chi connectivity index (χ1v) is 17.3. The Morgan fingerprint density at radius 2 is 1.07 bits per heavy atom.